The molecule has 0 fully saturated rings. The highest BCUT2D eigenvalue weighted by atomic mass is 32.2. The molecule has 0 bridgehead atoms. The number of carbonyl (C=O) groups excluding carboxylic acids is 1. The zero-order valence-electron chi connectivity index (χ0n) is 17.5. The van der Waals surface area contributed by atoms with Crippen LogP contribution < -0.4 is 4.72 Å². The van der Waals surface area contributed by atoms with Gasteiger partial charge in [0.2, 0.25) is 10.0 Å². The number of halogens is 3. The monoisotopic (exact) mass is 442 g/mol. The average molecular weight is 443 g/mol. The van der Waals surface area contributed by atoms with Crippen LogP contribution in [0.1, 0.15) is 47.8 Å². The molecule has 0 spiro atoms. The van der Waals surface area contributed by atoms with E-state index >= 15 is 0 Å². The minimum absolute atomic E-state index is 0.0331. The highest BCUT2D eigenvalue weighted by Crippen LogP contribution is 2.29. The van der Waals surface area contributed by atoms with Gasteiger partial charge in [-0.25, -0.2) is 13.1 Å². The second-order valence-corrected chi connectivity index (χ2v) is 9.87. The second-order valence-electron chi connectivity index (χ2n) is 8.19. The zero-order valence-corrected chi connectivity index (χ0v) is 18.3. The molecule has 1 N–H and O–H groups in total. The summed E-state index contributed by atoms with van der Waals surface area (Å²) in [6.07, 6.45) is -4.43. The van der Waals surface area contributed by atoms with Crippen LogP contribution >= 0.6 is 0 Å². The summed E-state index contributed by atoms with van der Waals surface area (Å²) in [6, 6.07) is 8.84. The lowest BCUT2D eigenvalue weighted by Crippen LogP contribution is -2.40. The molecule has 0 heterocycles. The van der Waals surface area contributed by atoms with Crippen molar-refractivity contribution in [2.75, 3.05) is 7.05 Å². The fraction of sp³-hybridized carbons (Fsp3) is 0.381. The van der Waals surface area contributed by atoms with Gasteiger partial charge < -0.3 is 4.90 Å². The second kappa shape index (κ2) is 8.39. The molecular formula is C21H25F3N2O3S. The molecule has 2 rings (SSSR count). The molecule has 2 aromatic carbocycles. The summed E-state index contributed by atoms with van der Waals surface area (Å²) in [5, 5.41) is 0. The quantitative estimate of drug-likeness (QED) is 0.748. The van der Waals surface area contributed by atoms with E-state index in [1.54, 1.807) is 33.8 Å². The summed E-state index contributed by atoms with van der Waals surface area (Å²) in [4.78, 5) is 14.2. The highest BCUT2D eigenvalue weighted by molar-refractivity contribution is 7.89. The highest BCUT2D eigenvalue weighted by Gasteiger charge is 2.30. The maximum absolute atomic E-state index is 12.9. The first-order valence-corrected chi connectivity index (χ1v) is 10.6. The Balaban J connectivity index is 2.25. The predicted molar refractivity (Wildman–Crippen MR) is 108 cm³/mol. The molecule has 5 nitrogen and oxygen atoms in total. The smallest absolute Gasteiger partial charge is 0.337 e. The van der Waals surface area contributed by atoms with Gasteiger partial charge in [-0.2, -0.15) is 13.2 Å². The van der Waals surface area contributed by atoms with Crippen LogP contribution in [0.5, 0.6) is 0 Å². The van der Waals surface area contributed by atoms with Gasteiger partial charge in [0.1, 0.15) is 0 Å². The maximum atomic E-state index is 12.9. The van der Waals surface area contributed by atoms with E-state index in [2.05, 4.69) is 4.72 Å². The first kappa shape index (κ1) is 23.9. The van der Waals surface area contributed by atoms with Crippen LogP contribution in [0.2, 0.25) is 0 Å². The molecule has 0 unspecified atom stereocenters. The third-order valence-electron chi connectivity index (χ3n) is 4.24. The molecule has 0 saturated heterocycles. The van der Waals surface area contributed by atoms with Crippen LogP contribution in [-0.4, -0.2) is 31.8 Å². The fourth-order valence-corrected chi connectivity index (χ4v) is 4.26. The van der Waals surface area contributed by atoms with Crippen LogP contribution in [-0.2, 0) is 22.7 Å². The first-order valence-electron chi connectivity index (χ1n) is 9.16. The number of aryl methyl sites for hydroxylation is 1. The van der Waals surface area contributed by atoms with E-state index < -0.39 is 33.2 Å². The molecular weight excluding hydrogens is 417 g/mol. The van der Waals surface area contributed by atoms with Gasteiger partial charge in [-0.15, -0.1) is 0 Å². The molecule has 0 aliphatic rings. The van der Waals surface area contributed by atoms with Gasteiger partial charge in [0.15, 0.2) is 0 Å². The molecule has 0 aromatic heterocycles. The molecule has 0 aliphatic carbocycles. The van der Waals surface area contributed by atoms with Crippen molar-refractivity contribution in [3.63, 3.8) is 0 Å². The number of rotatable bonds is 5. The maximum Gasteiger partial charge on any atom is 0.416 e. The number of hydrogen-bond donors (Lipinski definition) is 1. The van der Waals surface area contributed by atoms with Crippen molar-refractivity contribution in [3.8, 4) is 0 Å². The van der Waals surface area contributed by atoms with Gasteiger partial charge >= 0.3 is 6.18 Å². The van der Waals surface area contributed by atoms with Crippen molar-refractivity contribution in [2.45, 2.75) is 50.9 Å². The van der Waals surface area contributed by atoms with E-state index in [0.29, 0.717) is 11.1 Å². The number of nitrogens with zero attached hydrogens (tertiary/aromatic N) is 1. The zero-order chi connectivity index (χ0) is 22.9. The SMILES string of the molecule is Cc1ccc(S(=O)(=O)NC(C)(C)C)cc1C(=O)N(C)Cc1ccc(C(F)(F)F)cc1. The molecule has 164 valence electrons. The standard InChI is InChI=1S/C21H25F3N2O3S/c1-14-6-11-17(30(28,29)25-20(2,3)4)12-18(14)19(27)26(5)13-15-7-9-16(10-8-15)21(22,23)24/h6-12,25H,13H2,1-5H3. The summed E-state index contributed by atoms with van der Waals surface area (Å²) >= 11 is 0. The number of sulfonamides is 1. The number of hydrogen-bond acceptors (Lipinski definition) is 3. The molecule has 0 atom stereocenters. The van der Waals surface area contributed by atoms with Crippen LogP contribution in [0.3, 0.4) is 0 Å². The van der Waals surface area contributed by atoms with Gasteiger partial charge in [0.25, 0.3) is 5.91 Å². The lowest BCUT2D eigenvalue weighted by atomic mass is 10.1. The first-order chi connectivity index (χ1) is 13.6. The summed E-state index contributed by atoms with van der Waals surface area (Å²) in [6.45, 7) is 6.90. The Hall–Kier alpha value is -2.39. The van der Waals surface area contributed by atoms with E-state index in [1.807, 2.05) is 0 Å². The number of nitrogens with one attached hydrogen (secondary N) is 1. The normalized spacial score (nSPS) is 12.7. The van der Waals surface area contributed by atoms with Gasteiger partial charge in [-0.3, -0.25) is 4.79 Å². The Morgan fingerprint density at radius 3 is 2.10 bits per heavy atom. The molecule has 9 heteroatoms. The van der Waals surface area contributed by atoms with E-state index in [0.717, 1.165) is 12.1 Å². The van der Waals surface area contributed by atoms with Crippen molar-refractivity contribution < 1.29 is 26.4 Å². The van der Waals surface area contributed by atoms with Crippen LogP contribution in [0.25, 0.3) is 0 Å². The summed E-state index contributed by atoms with van der Waals surface area (Å²) < 4.78 is 65.8. The molecule has 0 aliphatic heterocycles. The molecule has 0 saturated carbocycles. The number of carbonyl (C=O) groups is 1. The predicted octanol–water partition coefficient (Wildman–Crippen LogP) is 4.36. The van der Waals surface area contributed by atoms with E-state index in [-0.39, 0.29) is 17.0 Å². The van der Waals surface area contributed by atoms with Crippen molar-refractivity contribution in [3.05, 3.63) is 64.7 Å². The summed E-state index contributed by atoms with van der Waals surface area (Å²) in [7, 11) is -2.31. The lowest BCUT2D eigenvalue weighted by Gasteiger charge is -2.22. The molecule has 0 radical (unpaired) electrons. The Morgan fingerprint density at radius 1 is 1.03 bits per heavy atom. The minimum atomic E-state index is -4.43. The third-order valence-corrected chi connectivity index (χ3v) is 5.99. The third kappa shape index (κ3) is 6.06. The van der Waals surface area contributed by atoms with Gasteiger partial charge in [-0.05, 0) is 63.1 Å². The summed E-state index contributed by atoms with van der Waals surface area (Å²) in [5.74, 6) is -0.430. The van der Waals surface area contributed by atoms with Gasteiger partial charge in [0, 0.05) is 24.7 Å². The minimum Gasteiger partial charge on any atom is -0.337 e. The largest absolute Gasteiger partial charge is 0.416 e. The Kier molecular flexibility index (Phi) is 6.68. The van der Waals surface area contributed by atoms with E-state index in [9.17, 15) is 26.4 Å². The van der Waals surface area contributed by atoms with Gasteiger partial charge in [-0.1, -0.05) is 18.2 Å². The van der Waals surface area contributed by atoms with Crippen molar-refractivity contribution in [2.24, 2.45) is 0 Å². The Morgan fingerprint density at radius 2 is 1.60 bits per heavy atom. The Labute approximate surface area is 175 Å². The van der Waals surface area contributed by atoms with Crippen LogP contribution in [0.15, 0.2) is 47.4 Å². The van der Waals surface area contributed by atoms with E-state index in [1.165, 1.54) is 36.2 Å². The van der Waals surface area contributed by atoms with E-state index in [4.69, 9.17) is 0 Å². The Bertz CT molecular complexity index is 1020. The van der Waals surface area contributed by atoms with Crippen LogP contribution in [0, 0.1) is 6.92 Å². The topological polar surface area (TPSA) is 66.5 Å². The number of amides is 1. The summed E-state index contributed by atoms with van der Waals surface area (Å²) in [5.41, 5.74) is -0.127. The number of alkyl halides is 3. The fourth-order valence-electron chi connectivity index (χ4n) is 2.81. The van der Waals surface area contributed by atoms with Crippen molar-refractivity contribution in [1.82, 2.24) is 9.62 Å². The molecule has 1 amide bonds. The average Bonchev–Trinajstić information content (AvgIpc) is 2.59. The number of benzene rings is 2. The lowest BCUT2D eigenvalue weighted by molar-refractivity contribution is -0.137. The molecule has 30 heavy (non-hydrogen) atoms. The van der Waals surface area contributed by atoms with Crippen LogP contribution in [0.4, 0.5) is 13.2 Å². The van der Waals surface area contributed by atoms with Gasteiger partial charge in [0.05, 0.1) is 10.5 Å². The molecule has 2 aromatic rings. The van der Waals surface area contributed by atoms with Crippen molar-refractivity contribution >= 4 is 15.9 Å². The van der Waals surface area contributed by atoms with Crippen molar-refractivity contribution in [1.29, 1.82) is 0 Å².